The molecule has 19 heteroatoms. The fourth-order valence-electron chi connectivity index (χ4n) is 12.3. The first-order chi connectivity index (χ1) is 39.2. The van der Waals surface area contributed by atoms with Crippen LogP contribution < -0.4 is 24.8 Å². The first-order valence-corrected chi connectivity index (χ1v) is 29.9. The lowest BCUT2D eigenvalue weighted by atomic mass is 10.1. The highest BCUT2D eigenvalue weighted by Crippen LogP contribution is 2.41. The third-order valence-electron chi connectivity index (χ3n) is 16.7. The van der Waals surface area contributed by atoms with Gasteiger partial charge in [0.15, 0.2) is 16.1 Å². The second-order valence-electron chi connectivity index (χ2n) is 21.1. The van der Waals surface area contributed by atoms with E-state index in [0.717, 1.165) is 166 Å². The van der Waals surface area contributed by atoms with Crippen molar-refractivity contribution in [2.24, 2.45) is 0 Å². The molecule has 6 aromatic rings. The van der Waals surface area contributed by atoms with E-state index in [-0.39, 0.29) is 17.7 Å². The summed E-state index contributed by atoms with van der Waals surface area (Å²) < 4.78 is 25.9. The number of furan rings is 1. The van der Waals surface area contributed by atoms with E-state index in [1.165, 1.54) is 44.9 Å². The molecule has 0 saturated carbocycles. The van der Waals surface area contributed by atoms with Gasteiger partial charge in [0.1, 0.15) is 17.2 Å². The summed E-state index contributed by atoms with van der Waals surface area (Å²) in [6, 6.07) is 33.6. The number of rotatable bonds is 9. The molecule has 3 unspecified atom stereocenters. The largest absolute Gasteiger partial charge is 0.497 e. The third kappa shape index (κ3) is 13.8. The molecule has 7 aliphatic rings. The average molecular weight is 1170 g/mol. The van der Waals surface area contributed by atoms with Gasteiger partial charge < -0.3 is 44.0 Å². The molecule has 3 aliphatic carbocycles. The zero-order valence-electron chi connectivity index (χ0n) is 46.3. The number of aryl methyl sites for hydroxylation is 3. The predicted molar refractivity (Wildman–Crippen MR) is 313 cm³/mol. The Morgan fingerprint density at radius 1 is 0.525 bits per heavy atom. The van der Waals surface area contributed by atoms with Gasteiger partial charge in [0, 0.05) is 134 Å². The Morgan fingerprint density at radius 2 is 0.938 bits per heavy atom. The molecule has 2 aromatic heterocycles. The minimum atomic E-state index is -0.0289. The number of hydrogen-bond donors (Lipinski definition) is 2. The summed E-state index contributed by atoms with van der Waals surface area (Å²) in [6.07, 6.45) is 6.81. The Labute approximate surface area is 482 Å². The van der Waals surface area contributed by atoms with Crippen LogP contribution in [0.3, 0.4) is 0 Å². The van der Waals surface area contributed by atoms with Crippen LogP contribution in [-0.2, 0) is 19.3 Å². The van der Waals surface area contributed by atoms with Gasteiger partial charge in [-0.3, -0.25) is 29.1 Å². The van der Waals surface area contributed by atoms with Crippen LogP contribution in [0.25, 0.3) is 0 Å². The quantitative estimate of drug-likeness (QED) is 0.144. The monoisotopic (exact) mass is 1170 g/mol. The molecule has 0 spiro atoms. The molecule has 0 bridgehead atoms. The molecule has 17 nitrogen and oxygen atoms in total. The maximum absolute atomic E-state index is 12.6. The summed E-state index contributed by atoms with van der Waals surface area (Å²) in [4.78, 5) is 50.7. The Bertz CT molecular complexity index is 2980. The summed E-state index contributed by atoms with van der Waals surface area (Å²) in [6.45, 7) is 14.5. The Kier molecular flexibility index (Phi) is 19.6. The van der Waals surface area contributed by atoms with E-state index in [1.807, 2.05) is 57.2 Å². The van der Waals surface area contributed by atoms with Crippen LogP contribution in [0, 0.1) is 0 Å². The molecule has 80 heavy (non-hydrogen) atoms. The van der Waals surface area contributed by atoms with Gasteiger partial charge in [0.2, 0.25) is 0 Å². The molecule has 4 aliphatic heterocycles. The van der Waals surface area contributed by atoms with E-state index in [2.05, 4.69) is 93.3 Å². The van der Waals surface area contributed by atoms with Crippen molar-refractivity contribution >= 4 is 45.2 Å². The first kappa shape index (κ1) is 57.1. The maximum atomic E-state index is 12.6. The number of piperazine rings is 4. The van der Waals surface area contributed by atoms with E-state index in [9.17, 15) is 14.4 Å². The summed E-state index contributed by atoms with van der Waals surface area (Å²) in [5, 5.41) is 12.0. The molecular formula is C61H75BrN10O7S. The van der Waals surface area contributed by atoms with Gasteiger partial charge in [-0.05, 0) is 160 Å². The highest BCUT2D eigenvalue weighted by Gasteiger charge is 2.35. The van der Waals surface area contributed by atoms with Gasteiger partial charge in [-0.2, -0.15) is 0 Å². The average Bonchev–Trinajstić information content (AvgIpc) is 4.53. The fraction of sp³-hybridized carbons (Fsp3) is 0.459. The summed E-state index contributed by atoms with van der Waals surface area (Å²) in [5.74, 6) is 3.29. The van der Waals surface area contributed by atoms with E-state index in [0.29, 0.717) is 34.2 Å². The number of nitrogens with zero attached hydrogens (tertiary/aromatic N) is 8. The van der Waals surface area contributed by atoms with Crippen LogP contribution in [-0.4, -0.2) is 183 Å². The van der Waals surface area contributed by atoms with E-state index in [1.54, 1.807) is 38.8 Å². The Morgan fingerprint density at radius 3 is 1.30 bits per heavy atom. The van der Waals surface area contributed by atoms with Crippen molar-refractivity contribution in [2.75, 3.05) is 126 Å². The van der Waals surface area contributed by atoms with Crippen molar-refractivity contribution in [3.8, 4) is 17.2 Å². The molecule has 3 atom stereocenters. The van der Waals surface area contributed by atoms with Crippen LogP contribution in [0.15, 0.2) is 112 Å². The molecule has 4 fully saturated rings. The number of benzene rings is 4. The zero-order valence-corrected chi connectivity index (χ0v) is 48.7. The summed E-state index contributed by atoms with van der Waals surface area (Å²) in [7, 11) is 5.14. The number of nitrogens with one attached hydrogen (secondary N) is 2. The lowest BCUT2D eigenvalue weighted by Crippen LogP contribution is -2.49. The standard InChI is InChI=1S/C21H24N2O2.C19H21BrN2O3.C17H20N4O2S.C4H10N2/c1-25-18-9-7-16-8-10-20(19(16)15-18)22-11-13-23(14-12-22)21(24)17-5-3-2-4-6-17;1-24-14-4-2-13-3-5-16(15(13)12-14)21-8-10-22(11-9-21)19(23)17-6-7-18(20)25-17;1-23-13-4-2-12-3-5-16(14(12)10-13)20-6-8-21(9-7-20)17(22)15-11-24-19-18-15;1-2-6-4-3-5-1/h2-7,9,15,20H,8,10-14H2,1H3;2,4,6-7,12,16H,3,5,8-11H2,1H3;2,4,10-11,16H,3,5-9H2,1H3;5-6H,1-4H2. The molecule has 4 saturated heterocycles. The predicted octanol–water partition coefficient (Wildman–Crippen LogP) is 7.81. The van der Waals surface area contributed by atoms with Crippen LogP contribution in [0.2, 0.25) is 0 Å². The van der Waals surface area contributed by atoms with E-state index < -0.39 is 0 Å². The van der Waals surface area contributed by atoms with Crippen molar-refractivity contribution in [3.63, 3.8) is 0 Å². The molecule has 4 aromatic carbocycles. The Hall–Kier alpha value is -6.19. The smallest absolute Gasteiger partial charge is 0.289 e. The summed E-state index contributed by atoms with van der Waals surface area (Å²) >= 11 is 4.47. The number of methoxy groups -OCH3 is 3. The lowest BCUT2D eigenvalue weighted by molar-refractivity contribution is 0.0536. The second-order valence-corrected chi connectivity index (χ2v) is 22.5. The molecule has 3 amide bonds. The second kappa shape index (κ2) is 27.5. The van der Waals surface area contributed by atoms with Crippen molar-refractivity contribution in [3.05, 3.63) is 158 Å². The van der Waals surface area contributed by atoms with Gasteiger partial charge >= 0.3 is 0 Å². The van der Waals surface area contributed by atoms with Gasteiger partial charge in [-0.1, -0.05) is 40.9 Å². The van der Waals surface area contributed by atoms with Crippen molar-refractivity contribution in [1.82, 2.24) is 49.6 Å². The number of fused-ring (bicyclic) bond motifs is 3. The van der Waals surface area contributed by atoms with E-state index in [4.69, 9.17) is 18.6 Å². The SMILES string of the molecule is C1CNCCN1.COc1ccc2c(c1)C(N1CCN(C(=O)c3ccc(Br)o3)CC1)CC2.COc1ccc2c(c1)C(N1CCN(C(=O)c3ccccc3)CC1)CC2.COc1ccc2c(c1)C(N1CCN(C(=O)c3csnn3)CC1)CC2. The van der Waals surface area contributed by atoms with Gasteiger partial charge in [-0.15, -0.1) is 5.10 Å². The van der Waals surface area contributed by atoms with Crippen LogP contribution in [0.5, 0.6) is 17.2 Å². The topological polar surface area (TPSA) is 161 Å². The number of ether oxygens (including phenoxy) is 3. The number of carbonyl (C=O) groups excluding carboxylic acids is 3. The van der Waals surface area contributed by atoms with Crippen LogP contribution in [0.1, 0.15) is 102 Å². The van der Waals surface area contributed by atoms with Crippen LogP contribution >= 0.6 is 27.5 Å². The molecule has 424 valence electrons. The normalized spacial score (nSPS) is 20.9. The zero-order chi connectivity index (χ0) is 55.4. The van der Waals surface area contributed by atoms with Crippen molar-refractivity contribution in [2.45, 2.75) is 56.7 Å². The van der Waals surface area contributed by atoms with Gasteiger partial charge in [0.05, 0.1) is 21.3 Å². The molecule has 0 radical (unpaired) electrons. The van der Waals surface area contributed by atoms with Crippen LogP contribution in [0.4, 0.5) is 0 Å². The van der Waals surface area contributed by atoms with E-state index >= 15 is 0 Å². The molecule has 13 rings (SSSR count). The summed E-state index contributed by atoms with van der Waals surface area (Å²) in [5.41, 5.74) is 9.71. The number of aromatic nitrogens is 2. The third-order valence-corrected chi connectivity index (χ3v) is 17.6. The van der Waals surface area contributed by atoms with Gasteiger partial charge in [-0.25, -0.2) is 0 Å². The minimum absolute atomic E-state index is 0.00288. The van der Waals surface area contributed by atoms with Crippen molar-refractivity contribution in [1.29, 1.82) is 0 Å². The number of amides is 3. The molecule has 2 N–H and O–H groups in total. The highest BCUT2D eigenvalue weighted by molar-refractivity contribution is 9.10. The Balaban J connectivity index is 0.000000128. The molecule has 6 heterocycles. The highest BCUT2D eigenvalue weighted by atomic mass is 79.9. The molecular weight excluding hydrogens is 1100 g/mol. The number of halogens is 1. The van der Waals surface area contributed by atoms with Gasteiger partial charge in [0.25, 0.3) is 17.7 Å². The fourth-order valence-corrected chi connectivity index (χ4v) is 13.0. The first-order valence-electron chi connectivity index (χ1n) is 28.3. The minimum Gasteiger partial charge on any atom is -0.497 e. The number of carbonyl (C=O) groups is 3. The van der Waals surface area contributed by atoms with Crippen molar-refractivity contribution < 1.29 is 33.0 Å². The lowest BCUT2D eigenvalue weighted by Gasteiger charge is -2.38. The maximum Gasteiger partial charge on any atom is 0.289 e. The number of hydrogen-bond acceptors (Lipinski definition) is 15.